The average molecular weight is 288 g/mol. The maximum Gasteiger partial charge on any atom is 0.0809 e. The molecule has 0 aliphatic heterocycles. The lowest BCUT2D eigenvalue weighted by Crippen LogP contribution is -2.18. The first-order valence-electron chi connectivity index (χ1n) is 6.32. The maximum atomic E-state index is 4.50. The predicted octanol–water partition coefficient (Wildman–Crippen LogP) is 4.52. The largest absolute Gasteiger partial charge is 0.306 e. The first kappa shape index (κ1) is 12.8. The van der Waals surface area contributed by atoms with E-state index in [2.05, 4.69) is 52.4 Å². The van der Waals surface area contributed by atoms with E-state index in [1.807, 2.05) is 6.20 Å². The van der Waals surface area contributed by atoms with E-state index in [-0.39, 0.29) is 0 Å². The average Bonchev–Trinajstić information content (AvgIpc) is 3.03. The number of hydrogen-bond acceptors (Lipinski definition) is 4. The van der Waals surface area contributed by atoms with Gasteiger partial charge in [-0.3, -0.25) is 4.98 Å². The van der Waals surface area contributed by atoms with Gasteiger partial charge in [0.1, 0.15) is 0 Å². The topological polar surface area (TPSA) is 24.9 Å². The van der Waals surface area contributed by atoms with Crippen molar-refractivity contribution in [1.29, 1.82) is 0 Å². The third kappa shape index (κ3) is 2.71. The lowest BCUT2D eigenvalue weighted by atomic mass is 10.1. The summed E-state index contributed by atoms with van der Waals surface area (Å²) in [6, 6.07) is 4.63. The van der Waals surface area contributed by atoms with Crippen LogP contribution in [0.4, 0.5) is 0 Å². The third-order valence-electron chi connectivity index (χ3n) is 3.38. The lowest BCUT2D eigenvalue weighted by molar-refractivity contribution is 0.573. The number of rotatable bonds is 4. The van der Waals surface area contributed by atoms with E-state index in [4.69, 9.17) is 0 Å². The van der Waals surface area contributed by atoms with Crippen molar-refractivity contribution in [3.8, 4) is 0 Å². The number of aromatic nitrogens is 1. The molecule has 3 aromatic rings. The number of pyridine rings is 1. The highest BCUT2D eigenvalue weighted by molar-refractivity contribution is 7.17. The zero-order valence-corrected chi connectivity index (χ0v) is 12.6. The molecule has 0 saturated carbocycles. The Kier molecular flexibility index (Phi) is 3.64. The first-order chi connectivity index (χ1) is 9.24. The van der Waals surface area contributed by atoms with Gasteiger partial charge in [-0.2, -0.15) is 11.3 Å². The number of thiophene rings is 2. The quantitative estimate of drug-likeness (QED) is 0.763. The van der Waals surface area contributed by atoms with Gasteiger partial charge in [-0.25, -0.2) is 0 Å². The number of hydrogen-bond donors (Lipinski definition) is 1. The van der Waals surface area contributed by atoms with Gasteiger partial charge < -0.3 is 5.32 Å². The highest BCUT2D eigenvalue weighted by atomic mass is 32.1. The van der Waals surface area contributed by atoms with Gasteiger partial charge in [0.05, 0.1) is 10.2 Å². The summed E-state index contributed by atoms with van der Waals surface area (Å²) >= 11 is 3.51. The Hall–Kier alpha value is -1.23. The Labute approximate surface area is 121 Å². The fraction of sp³-hybridized carbons (Fsp3) is 0.267. The number of fused-ring (bicyclic) bond motifs is 1. The van der Waals surface area contributed by atoms with Gasteiger partial charge >= 0.3 is 0 Å². The molecule has 1 N–H and O–H groups in total. The molecule has 1 atom stereocenters. The lowest BCUT2D eigenvalue weighted by Gasteiger charge is -2.14. The zero-order chi connectivity index (χ0) is 13.2. The van der Waals surface area contributed by atoms with Crippen LogP contribution in [0.5, 0.6) is 0 Å². The van der Waals surface area contributed by atoms with Crippen LogP contribution in [0, 0.1) is 6.92 Å². The Morgan fingerprint density at radius 3 is 3.05 bits per heavy atom. The normalized spacial score (nSPS) is 12.9. The number of nitrogens with one attached hydrogen (secondary N) is 1. The second-order valence-corrected chi connectivity index (χ2v) is 6.45. The summed E-state index contributed by atoms with van der Waals surface area (Å²) in [5, 5.41) is 10.1. The van der Waals surface area contributed by atoms with Gasteiger partial charge in [-0.1, -0.05) is 0 Å². The molecule has 0 aliphatic carbocycles. The minimum absolute atomic E-state index is 0.318. The summed E-state index contributed by atoms with van der Waals surface area (Å²) in [6.45, 7) is 5.27. The van der Waals surface area contributed by atoms with Crippen LogP contribution in [-0.2, 0) is 6.54 Å². The molecule has 0 spiro atoms. The minimum Gasteiger partial charge on any atom is -0.306 e. The molecule has 19 heavy (non-hydrogen) atoms. The summed E-state index contributed by atoms with van der Waals surface area (Å²) in [6.07, 6.45) is 1.98. The minimum atomic E-state index is 0.318. The number of aryl methyl sites for hydroxylation is 1. The zero-order valence-electron chi connectivity index (χ0n) is 11.0. The van der Waals surface area contributed by atoms with Crippen molar-refractivity contribution in [2.75, 3.05) is 0 Å². The summed E-state index contributed by atoms with van der Waals surface area (Å²) in [5.74, 6) is 0. The van der Waals surface area contributed by atoms with Crippen LogP contribution < -0.4 is 5.32 Å². The van der Waals surface area contributed by atoms with Crippen molar-refractivity contribution in [3.05, 3.63) is 51.2 Å². The molecule has 1 unspecified atom stereocenters. The highest BCUT2D eigenvalue weighted by Crippen LogP contribution is 2.23. The van der Waals surface area contributed by atoms with E-state index in [9.17, 15) is 0 Å². The van der Waals surface area contributed by atoms with E-state index >= 15 is 0 Å². The summed E-state index contributed by atoms with van der Waals surface area (Å²) in [4.78, 5) is 4.50. The predicted molar refractivity (Wildman–Crippen MR) is 83.9 cm³/mol. The Balaban J connectivity index is 1.72. The first-order valence-corrected chi connectivity index (χ1v) is 8.14. The van der Waals surface area contributed by atoms with Crippen LogP contribution in [0.25, 0.3) is 10.2 Å². The molecule has 0 saturated heterocycles. The molecule has 4 heteroatoms. The molecule has 0 aromatic carbocycles. The van der Waals surface area contributed by atoms with Gasteiger partial charge in [-0.15, -0.1) is 11.3 Å². The van der Waals surface area contributed by atoms with Crippen LogP contribution in [-0.4, -0.2) is 4.98 Å². The van der Waals surface area contributed by atoms with Crippen molar-refractivity contribution in [2.24, 2.45) is 0 Å². The Bertz CT molecular complexity index is 684. The fourth-order valence-electron chi connectivity index (χ4n) is 2.05. The summed E-state index contributed by atoms with van der Waals surface area (Å²) in [5.41, 5.74) is 5.11. The van der Waals surface area contributed by atoms with E-state index in [0.717, 1.165) is 12.1 Å². The van der Waals surface area contributed by atoms with Gasteiger partial charge in [0.2, 0.25) is 0 Å². The molecule has 3 rings (SSSR count). The van der Waals surface area contributed by atoms with Crippen molar-refractivity contribution >= 4 is 32.9 Å². The smallest absolute Gasteiger partial charge is 0.0809 e. The second-order valence-electron chi connectivity index (χ2n) is 4.76. The molecule has 0 fully saturated rings. The second kappa shape index (κ2) is 5.41. The SMILES string of the molecule is Cc1cscc1CNC(C)c1cnc2ccsc2c1. The van der Waals surface area contributed by atoms with Crippen LogP contribution in [0.15, 0.2) is 34.5 Å². The highest BCUT2D eigenvalue weighted by Gasteiger charge is 2.08. The summed E-state index contributed by atoms with van der Waals surface area (Å²) in [7, 11) is 0. The van der Waals surface area contributed by atoms with E-state index < -0.39 is 0 Å². The van der Waals surface area contributed by atoms with Gasteiger partial charge in [-0.05, 0) is 58.8 Å². The molecular weight excluding hydrogens is 272 g/mol. The van der Waals surface area contributed by atoms with Crippen LogP contribution >= 0.6 is 22.7 Å². The van der Waals surface area contributed by atoms with E-state index in [0.29, 0.717) is 6.04 Å². The van der Waals surface area contributed by atoms with Crippen molar-refractivity contribution in [3.63, 3.8) is 0 Å². The molecule has 3 heterocycles. The third-order valence-corrected chi connectivity index (χ3v) is 5.15. The van der Waals surface area contributed by atoms with Crippen LogP contribution in [0.1, 0.15) is 29.7 Å². The Morgan fingerprint density at radius 1 is 1.37 bits per heavy atom. The van der Waals surface area contributed by atoms with Crippen LogP contribution in [0.2, 0.25) is 0 Å². The molecule has 98 valence electrons. The van der Waals surface area contributed by atoms with Crippen molar-refractivity contribution < 1.29 is 0 Å². The molecule has 0 aliphatic rings. The van der Waals surface area contributed by atoms with E-state index in [1.165, 1.54) is 21.4 Å². The molecule has 0 amide bonds. The van der Waals surface area contributed by atoms with Crippen LogP contribution in [0.3, 0.4) is 0 Å². The van der Waals surface area contributed by atoms with Gasteiger partial charge in [0.15, 0.2) is 0 Å². The fourth-order valence-corrected chi connectivity index (χ4v) is 3.69. The maximum absolute atomic E-state index is 4.50. The summed E-state index contributed by atoms with van der Waals surface area (Å²) < 4.78 is 1.26. The molecule has 0 bridgehead atoms. The molecule has 0 radical (unpaired) electrons. The molecule has 2 nitrogen and oxygen atoms in total. The Morgan fingerprint density at radius 2 is 2.26 bits per heavy atom. The number of nitrogens with zero attached hydrogens (tertiary/aromatic N) is 1. The van der Waals surface area contributed by atoms with Gasteiger partial charge in [0, 0.05) is 18.8 Å². The monoisotopic (exact) mass is 288 g/mol. The van der Waals surface area contributed by atoms with E-state index in [1.54, 1.807) is 22.7 Å². The molecular formula is C15H16N2S2. The van der Waals surface area contributed by atoms with Crippen molar-refractivity contribution in [2.45, 2.75) is 26.4 Å². The molecule has 3 aromatic heterocycles. The standard InChI is InChI=1S/C15H16N2S2/c1-10-8-18-9-13(10)7-16-11(2)12-5-15-14(17-6-12)3-4-19-15/h3-6,8-9,11,16H,7H2,1-2H3. The van der Waals surface area contributed by atoms with Crippen molar-refractivity contribution in [1.82, 2.24) is 10.3 Å². The van der Waals surface area contributed by atoms with Gasteiger partial charge in [0.25, 0.3) is 0 Å².